The summed E-state index contributed by atoms with van der Waals surface area (Å²) in [4.78, 5) is 0.377. The molecule has 0 aromatic heterocycles. The van der Waals surface area contributed by atoms with E-state index in [2.05, 4.69) is 15.9 Å². The van der Waals surface area contributed by atoms with E-state index in [1.54, 1.807) is 6.07 Å². The maximum Gasteiger partial charge on any atom is 0.159 e. The van der Waals surface area contributed by atoms with E-state index in [1.807, 2.05) is 0 Å². The first-order chi connectivity index (χ1) is 9.11. The zero-order valence-electron chi connectivity index (χ0n) is 10.9. The van der Waals surface area contributed by atoms with E-state index in [-0.39, 0.29) is 0 Å². The van der Waals surface area contributed by atoms with Crippen molar-refractivity contribution in [3.05, 3.63) is 35.4 Å². The summed E-state index contributed by atoms with van der Waals surface area (Å²) in [6, 6.07) is 4.24. The molecule has 1 aromatic carbocycles. The van der Waals surface area contributed by atoms with Crippen molar-refractivity contribution >= 4 is 15.9 Å². The molecule has 0 radical (unpaired) electrons. The number of alkyl halides is 1. The van der Waals surface area contributed by atoms with Gasteiger partial charge in [0.1, 0.15) is 0 Å². The summed E-state index contributed by atoms with van der Waals surface area (Å²) in [7, 11) is 0. The van der Waals surface area contributed by atoms with Crippen molar-refractivity contribution in [3.63, 3.8) is 0 Å². The van der Waals surface area contributed by atoms with Gasteiger partial charge in [0.15, 0.2) is 11.6 Å². The van der Waals surface area contributed by atoms with Crippen molar-refractivity contribution < 1.29 is 8.78 Å². The summed E-state index contributed by atoms with van der Waals surface area (Å²) in [5.74, 6) is 1.24. The fourth-order valence-corrected chi connectivity index (χ4v) is 4.85. The summed E-state index contributed by atoms with van der Waals surface area (Å²) in [6.45, 7) is 0. The molecule has 0 aliphatic heterocycles. The van der Waals surface area contributed by atoms with Gasteiger partial charge < -0.3 is 0 Å². The summed E-state index contributed by atoms with van der Waals surface area (Å²) < 4.78 is 26.0. The van der Waals surface area contributed by atoms with Crippen LogP contribution >= 0.6 is 15.9 Å². The van der Waals surface area contributed by atoms with Gasteiger partial charge in [-0.15, -0.1) is 0 Å². The highest BCUT2D eigenvalue weighted by molar-refractivity contribution is 9.09. The smallest absolute Gasteiger partial charge is 0.159 e. The third kappa shape index (κ3) is 3.01. The molecule has 2 aliphatic carbocycles. The minimum absolute atomic E-state index is 0.377. The fourth-order valence-electron chi connectivity index (χ4n) is 4.00. The number of hydrogen-bond acceptors (Lipinski definition) is 0. The molecule has 0 amide bonds. The minimum atomic E-state index is -0.761. The molecule has 104 valence electrons. The Morgan fingerprint density at radius 1 is 1.16 bits per heavy atom. The van der Waals surface area contributed by atoms with Gasteiger partial charge in [-0.1, -0.05) is 28.4 Å². The molecule has 1 aromatic rings. The Morgan fingerprint density at radius 2 is 2.00 bits per heavy atom. The summed E-state index contributed by atoms with van der Waals surface area (Å²) in [5, 5.41) is 0. The van der Waals surface area contributed by atoms with Crippen molar-refractivity contribution in [2.75, 3.05) is 0 Å². The lowest BCUT2D eigenvalue weighted by Crippen LogP contribution is -2.16. The summed E-state index contributed by atoms with van der Waals surface area (Å²) >= 11 is 3.72. The lowest BCUT2D eigenvalue weighted by molar-refractivity contribution is 0.313. The highest BCUT2D eigenvalue weighted by Crippen LogP contribution is 2.50. The number of hydrogen-bond donors (Lipinski definition) is 0. The van der Waals surface area contributed by atoms with Gasteiger partial charge in [0.2, 0.25) is 0 Å². The first kappa shape index (κ1) is 13.5. The second-order valence-electron chi connectivity index (χ2n) is 6.22. The maximum atomic E-state index is 13.2. The van der Waals surface area contributed by atoms with E-state index in [0.717, 1.165) is 29.7 Å². The SMILES string of the molecule is Fc1ccc(CC(Br)CC2CC3CCC2C3)cc1F. The monoisotopic (exact) mass is 328 g/mol. The van der Waals surface area contributed by atoms with Gasteiger partial charge in [-0.2, -0.15) is 0 Å². The Balaban J connectivity index is 1.56. The van der Waals surface area contributed by atoms with E-state index >= 15 is 0 Å². The standard InChI is InChI=1S/C16H19BrF2/c17-14(7-11-2-4-15(18)16(19)8-11)9-13-6-10-1-3-12(13)5-10/h2,4,8,10,12-14H,1,3,5-7,9H2. The normalized spacial score (nSPS) is 30.8. The number of benzene rings is 1. The third-order valence-electron chi connectivity index (χ3n) is 4.88. The lowest BCUT2D eigenvalue weighted by atomic mass is 9.85. The minimum Gasteiger partial charge on any atom is -0.204 e. The second kappa shape index (κ2) is 5.51. The topological polar surface area (TPSA) is 0 Å². The van der Waals surface area contributed by atoms with Crippen molar-refractivity contribution in [2.45, 2.75) is 43.4 Å². The summed E-state index contributed by atoms with van der Waals surface area (Å²) in [6.07, 6.45) is 7.59. The van der Waals surface area contributed by atoms with Gasteiger partial charge in [-0.05, 0) is 67.6 Å². The maximum absolute atomic E-state index is 13.2. The number of fused-ring (bicyclic) bond motifs is 2. The van der Waals surface area contributed by atoms with E-state index in [4.69, 9.17) is 0 Å². The van der Waals surface area contributed by atoms with E-state index < -0.39 is 11.6 Å². The molecule has 3 heteroatoms. The zero-order chi connectivity index (χ0) is 13.4. The molecule has 3 rings (SSSR count). The van der Waals surface area contributed by atoms with Crippen LogP contribution < -0.4 is 0 Å². The van der Waals surface area contributed by atoms with Crippen LogP contribution in [-0.4, -0.2) is 4.83 Å². The molecular weight excluding hydrogens is 310 g/mol. The molecule has 19 heavy (non-hydrogen) atoms. The zero-order valence-corrected chi connectivity index (χ0v) is 12.5. The van der Waals surface area contributed by atoms with Crippen molar-refractivity contribution in [3.8, 4) is 0 Å². The Kier molecular flexibility index (Phi) is 3.93. The van der Waals surface area contributed by atoms with Crippen LogP contribution in [0.1, 0.15) is 37.7 Å². The highest BCUT2D eigenvalue weighted by atomic mass is 79.9. The summed E-state index contributed by atoms with van der Waals surface area (Å²) in [5.41, 5.74) is 0.879. The molecule has 0 spiro atoms. The molecule has 2 aliphatic rings. The van der Waals surface area contributed by atoms with Crippen molar-refractivity contribution in [1.29, 1.82) is 0 Å². The van der Waals surface area contributed by atoms with Crippen LogP contribution in [0.3, 0.4) is 0 Å². The van der Waals surface area contributed by atoms with Gasteiger partial charge in [0, 0.05) is 4.83 Å². The predicted octanol–water partition coefficient (Wildman–Crippen LogP) is 5.10. The van der Waals surface area contributed by atoms with Gasteiger partial charge >= 0.3 is 0 Å². The molecule has 0 heterocycles. The average Bonchev–Trinajstić information content (AvgIpc) is 2.96. The van der Waals surface area contributed by atoms with Crippen LogP contribution in [0, 0.1) is 29.4 Å². The van der Waals surface area contributed by atoms with Crippen LogP contribution in [0.4, 0.5) is 8.78 Å². The lowest BCUT2D eigenvalue weighted by Gasteiger charge is -2.24. The fraction of sp³-hybridized carbons (Fsp3) is 0.625. The molecule has 2 saturated carbocycles. The average molecular weight is 329 g/mol. The van der Waals surface area contributed by atoms with Crippen molar-refractivity contribution in [1.82, 2.24) is 0 Å². The predicted molar refractivity (Wildman–Crippen MR) is 76.3 cm³/mol. The number of halogens is 3. The Labute approximate surface area is 121 Å². The molecule has 2 bridgehead atoms. The first-order valence-electron chi connectivity index (χ1n) is 7.20. The van der Waals surface area contributed by atoms with Gasteiger partial charge in [-0.25, -0.2) is 8.78 Å². The van der Waals surface area contributed by atoms with Crippen molar-refractivity contribution in [2.24, 2.45) is 17.8 Å². The Morgan fingerprint density at radius 3 is 2.63 bits per heavy atom. The van der Waals surface area contributed by atoms with Gasteiger partial charge in [0.25, 0.3) is 0 Å². The molecule has 0 nitrogen and oxygen atoms in total. The van der Waals surface area contributed by atoms with Crippen LogP contribution in [0.2, 0.25) is 0 Å². The molecule has 2 fully saturated rings. The Hall–Kier alpha value is -0.440. The highest BCUT2D eigenvalue weighted by Gasteiger charge is 2.39. The quantitative estimate of drug-likeness (QED) is 0.675. The second-order valence-corrected chi connectivity index (χ2v) is 7.52. The van der Waals surface area contributed by atoms with Crippen LogP contribution in [-0.2, 0) is 6.42 Å². The largest absolute Gasteiger partial charge is 0.204 e. The molecule has 0 N–H and O–H groups in total. The van der Waals surface area contributed by atoms with Gasteiger partial charge in [0.05, 0.1) is 0 Å². The van der Waals surface area contributed by atoms with E-state index in [0.29, 0.717) is 4.83 Å². The first-order valence-corrected chi connectivity index (χ1v) is 8.11. The van der Waals surface area contributed by atoms with E-state index in [9.17, 15) is 8.78 Å². The Bertz CT molecular complexity index is 460. The van der Waals surface area contributed by atoms with Gasteiger partial charge in [-0.3, -0.25) is 0 Å². The van der Waals surface area contributed by atoms with Crippen LogP contribution in [0.5, 0.6) is 0 Å². The van der Waals surface area contributed by atoms with Crippen LogP contribution in [0.15, 0.2) is 18.2 Å². The molecular formula is C16H19BrF2. The molecule has 4 unspecified atom stereocenters. The van der Waals surface area contributed by atoms with Crippen LogP contribution in [0.25, 0.3) is 0 Å². The third-order valence-corrected chi connectivity index (χ3v) is 5.58. The molecule has 4 atom stereocenters. The van der Waals surface area contributed by atoms with E-state index in [1.165, 1.54) is 44.2 Å². The number of rotatable bonds is 4. The molecule has 0 saturated heterocycles.